The number of hydrogen-bond donors (Lipinski definition) is 1. The van der Waals surface area contributed by atoms with Crippen LogP contribution in [0.5, 0.6) is 0 Å². The summed E-state index contributed by atoms with van der Waals surface area (Å²) in [6, 6.07) is 7.45. The molecule has 0 aliphatic rings. The third-order valence-electron chi connectivity index (χ3n) is 3.65. The maximum Gasteiger partial charge on any atom is 0.128 e. The van der Waals surface area contributed by atoms with E-state index in [2.05, 4.69) is 36.7 Å². The molecule has 2 aromatic rings. The molecule has 0 atom stereocenters. The lowest BCUT2D eigenvalue weighted by Gasteiger charge is -2.09. The normalized spacial score (nSPS) is 10.8. The van der Waals surface area contributed by atoms with E-state index in [1.807, 2.05) is 6.07 Å². The molecule has 0 bridgehead atoms. The van der Waals surface area contributed by atoms with Crippen molar-refractivity contribution >= 4 is 5.69 Å². The maximum absolute atomic E-state index is 13.5. The SMILES string of the molecule is CCn1c(C)cc(CNc2ccc(C)c(F)c2)c1C. The molecule has 0 amide bonds. The number of aryl methyl sites for hydroxylation is 2. The van der Waals surface area contributed by atoms with Crippen LogP contribution < -0.4 is 5.32 Å². The molecule has 0 radical (unpaired) electrons. The van der Waals surface area contributed by atoms with Crippen molar-refractivity contribution in [2.75, 3.05) is 5.32 Å². The summed E-state index contributed by atoms with van der Waals surface area (Å²) in [6.45, 7) is 9.87. The van der Waals surface area contributed by atoms with Crippen LogP contribution in [-0.2, 0) is 13.1 Å². The predicted molar refractivity (Wildman–Crippen MR) is 78.0 cm³/mol. The number of hydrogen-bond acceptors (Lipinski definition) is 1. The van der Waals surface area contributed by atoms with Gasteiger partial charge in [-0.05, 0) is 57.0 Å². The lowest BCUT2D eigenvalue weighted by molar-refractivity contribution is 0.619. The van der Waals surface area contributed by atoms with Crippen molar-refractivity contribution in [2.24, 2.45) is 0 Å². The van der Waals surface area contributed by atoms with Crippen LogP contribution in [0.2, 0.25) is 0 Å². The summed E-state index contributed by atoms with van der Waals surface area (Å²) in [5.74, 6) is -0.163. The summed E-state index contributed by atoms with van der Waals surface area (Å²) < 4.78 is 15.7. The third-order valence-corrected chi connectivity index (χ3v) is 3.65. The number of anilines is 1. The molecule has 1 aromatic carbocycles. The molecule has 102 valence electrons. The van der Waals surface area contributed by atoms with Gasteiger partial charge >= 0.3 is 0 Å². The van der Waals surface area contributed by atoms with Gasteiger partial charge in [0.15, 0.2) is 0 Å². The molecule has 0 unspecified atom stereocenters. The number of benzene rings is 1. The summed E-state index contributed by atoms with van der Waals surface area (Å²) in [5.41, 5.74) is 5.31. The zero-order valence-corrected chi connectivity index (χ0v) is 12.0. The smallest absolute Gasteiger partial charge is 0.128 e. The van der Waals surface area contributed by atoms with Crippen LogP contribution in [0, 0.1) is 26.6 Å². The first kappa shape index (κ1) is 13.7. The van der Waals surface area contributed by atoms with Crippen molar-refractivity contribution in [3.8, 4) is 0 Å². The minimum atomic E-state index is -0.163. The molecule has 1 N–H and O–H groups in total. The van der Waals surface area contributed by atoms with Gasteiger partial charge in [-0.25, -0.2) is 4.39 Å². The highest BCUT2D eigenvalue weighted by Gasteiger charge is 2.07. The number of rotatable bonds is 4. The Bertz CT molecular complexity index is 585. The van der Waals surface area contributed by atoms with E-state index in [-0.39, 0.29) is 5.82 Å². The Balaban J connectivity index is 2.12. The fraction of sp³-hybridized carbons (Fsp3) is 0.375. The molecule has 1 heterocycles. The van der Waals surface area contributed by atoms with E-state index >= 15 is 0 Å². The first-order valence-corrected chi connectivity index (χ1v) is 6.68. The van der Waals surface area contributed by atoms with Crippen LogP contribution in [0.3, 0.4) is 0 Å². The van der Waals surface area contributed by atoms with Crippen molar-refractivity contribution in [3.05, 3.63) is 52.6 Å². The Morgan fingerprint density at radius 1 is 1.16 bits per heavy atom. The van der Waals surface area contributed by atoms with Gasteiger partial charge in [0.1, 0.15) is 5.82 Å². The number of nitrogens with one attached hydrogen (secondary N) is 1. The molecule has 0 fully saturated rings. The topological polar surface area (TPSA) is 17.0 Å². The van der Waals surface area contributed by atoms with E-state index in [0.29, 0.717) is 5.56 Å². The second-order valence-electron chi connectivity index (χ2n) is 4.96. The van der Waals surface area contributed by atoms with Crippen molar-refractivity contribution in [2.45, 2.75) is 40.8 Å². The largest absolute Gasteiger partial charge is 0.381 e. The van der Waals surface area contributed by atoms with Crippen LogP contribution in [0.1, 0.15) is 29.4 Å². The van der Waals surface area contributed by atoms with E-state index in [4.69, 9.17) is 0 Å². The lowest BCUT2D eigenvalue weighted by atomic mass is 10.2. The van der Waals surface area contributed by atoms with E-state index in [1.165, 1.54) is 17.0 Å². The standard InChI is InChI=1S/C16H21FN2/c1-5-19-12(3)8-14(13(19)4)10-18-15-7-6-11(2)16(17)9-15/h6-9,18H,5,10H2,1-4H3. The zero-order chi connectivity index (χ0) is 14.0. The van der Waals surface area contributed by atoms with Gasteiger partial charge in [0.25, 0.3) is 0 Å². The van der Waals surface area contributed by atoms with E-state index in [0.717, 1.165) is 18.8 Å². The van der Waals surface area contributed by atoms with Crippen LogP contribution in [0.25, 0.3) is 0 Å². The molecule has 1 aromatic heterocycles. The fourth-order valence-electron chi connectivity index (χ4n) is 2.44. The molecule has 0 aliphatic carbocycles. The molecule has 19 heavy (non-hydrogen) atoms. The zero-order valence-electron chi connectivity index (χ0n) is 12.0. The second kappa shape index (κ2) is 5.47. The molecular formula is C16H21FN2. The quantitative estimate of drug-likeness (QED) is 0.872. The Morgan fingerprint density at radius 2 is 1.89 bits per heavy atom. The van der Waals surface area contributed by atoms with E-state index in [9.17, 15) is 4.39 Å². The summed E-state index contributed by atoms with van der Waals surface area (Å²) in [6.07, 6.45) is 0. The van der Waals surface area contributed by atoms with Gasteiger partial charge in [0, 0.05) is 30.2 Å². The van der Waals surface area contributed by atoms with Crippen LogP contribution in [0.4, 0.5) is 10.1 Å². The Kier molecular flexibility index (Phi) is 3.93. The Hall–Kier alpha value is -1.77. The number of halogens is 1. The highest BCUT2D eigenvalue weighted by atomic mass is 19.1. The van der Waals surface area contributed by atoms with Gasteiger partial charge in [-0.2, -0.15) is 0 Å². The van der Waals surface area contributed by atoms with E-state index in [1.54, 1.807) is 19.1 Å². The van der Waals surface area contributed by atoms with Gasteiger partial charge in [-0.3, -0.25) is 0 Å². The first-order valence-electron chi connectivity index (χ1n) is 6.68. The average molecular weight is 260 g/mol. The molecule has 2 nitrogen and oxygen atoms in total. The average Bonchev–Trinajstić information content (AvgIpc) is 2.65. The van der Waals surface area contributed by atoms with Crippen molar-refractivity contribution in [3.63, 3.8) is 0 Å². The predicted octanol–water partition coefficient (Wildman–Crippen LogP) is 4.18. The van der Waals surface area contributed by atoms with Crippen LogP contribution in [0.15, 0.2) is 24.3 Å². The van der Waals surface area contributed by atoms with Crippen LogP contribution in [-0.4, -0.2) is 4.57 Å². The molecule has 0 saturated carbocycles. The van der Waals surface area contributed by atoms with Crippen molar-refractivity contribution in [1.29, 1.82) is 0 Å². The molecule has 0 spiro atoms. The van der Waals surface area contributed by atoms with E-state index < -0.39 is 0 Å². The fourth-order valence-corrected chi connectivity index (χ4v) is 2.44. The molecule has 0 saturated heterocycles. The molecular weight excluding hydrogens is 239 g/mol. The number of aromatic nitrogens is 1. The summed E-state index contributed by atoms with van der Waals surface area (Å²) in [7, 11) is 0. The Labute approximate surface area is 114 Å². The highest BCUT2D eigenvalue weighted by molar-refractivity contribution is 5.46. The molecule has 3 heteroatoms. The van der Waals surface area contributed by atoms with Gasteiger partial charge < -0.3 is 9.88 Å². The van der Waals surface area contributed by atoms with Gasteiger partial charge in [0.2, 0.25) is 0 Å². The summed E-state index contributed by atoms with van der Waals surface area (Å²) in [5, 5.41) is 3.28. The Morgan fingerprint density at radius 3 is 2.47 bits per heavy atom. The van der Waals surface area contributed by atoms with Crippen LogP contribution >= 0.6 is 0 Å². The first-order chi connectivity index (χ1) is 9.02. The molecule has 0 aliphatic heterocycles. The summed E-state index contributed by atoms with van der Waals surface area (Å²) in [4.78, 5) is 0. The minimum Gasteiger partial charge on any atom is -0.381 e. The number of nitrogens with zero attached hydrogens (tertiary/aromatic N) is 1. The van der Waals surface area contributed by atoms with Crippen molar-refractivity contribution in [1.82, 2.24) is 4.57 Å². The maximum atomic E-state index is 13.5. The lowest BCUT2D eigenvalue weighted by Crippen LogP contribution is -2.03. The minimum absolute atomic E-state index is 0.163. The third kappa shape index (κ3) is 2.80. The molecule has 2 rings (SSSR count). The van der Waals surface area contributed by atoms with Gasteiger partial charge in [0.05, 0.1) is 0 Å². The summed E-state index contributed by atoms with van der Waals surface area (Å²) >= 11 is 0. The van der Waals surface area contributed by atoms with Gasteiger partial charge in [-0.15, -0.1) is 0 Å². The second-order valence-corrected chi connectivity index (χ2v) is 4.96. The van der Waals surface area contributed by atoms with Crippen molar-refractivity contribution < 1.29 is 4.39 Å². The monoisotopic (exact) mass is 260 g/mol. The van der Waals surface area contributed by atoms with Gasteiger partial charge in [-0.1, -0.05) is 6.07 Å². The highest BCUT2D eigenvalue weighted by Crippen LogP contribution is 2.18.